The number of carbonyl (C=O) groups excluding carboxylic acids is 1. The summed E-state index contributed by atoms with van der Waals surface area (Å²) >= 11 is 0. The molecule has 16 heavy (non-hydrogen) atoms. The van der Waals surface area contributed by atoms with Gasteiger partial charge in [-0.15, -0.1) is 0 Å². The van der Waals surface area contributed by atoms with Crippen molar-refractivity contribution in [2.45, 2.75) is 26.3 Å². The highest BCUT2D eigenvalue weighted by molar-refractivity contribution is 5.96. The number of hydrogen-bond acceptors (Lipinski definition) is 3. The van der Waals surface area contributed by atoms with Crippen LogP contribution in [0.15, 0.2) is 11.1 Å². The summed E-state index contributed by atoms with van der Waals surface area (Å²) in [4.78, 5) is 24.2. The highest BCUT2D eigenvalue weighted by atomic mass is 16.4. The van der Waals surface area contributed by atoms with E-state index >= 15 is 0 Å². The fourth-order valence-electron chi connectivity index (χ4n) is 1.69. The molecule has 5 nitrogen and oxygen atoms in total. The number of hydrogen-bond donors (Lipinski definition) is 2. The third-order valence-corrected chi connectivity index (χ3v) is 2.99. The van der Waals surface area contributed by atoms with Gasteiger partial charge in [0.15, 0.2) is 0 Å². The van der Waals surface area contributed by atoms with Gasteiger partial charge in [0.2, 0.25) is 5.91 Å². The van der Waals surface area contributed by atoms with Gasteiger partial charge >= 0.3 is 5.97 Å². The van der Waals surface area contributed by atoms with E-state index in [-0.39, 0.29) is 5.91 Å². The largest absolute Gasteiger partial charge is 0.480 e. The average molecular weight is 226 g/mol. The van der Waals surface area contributed by atoms with E-state index in [0.29, 0.717) is 12.0 Å². The Bertz CT molecular complexity index is 330. The van der Waals surface area contributed by atoms with Crippen molar-refractivity contribution in [3.05, 3.63) is 11.1 Å². The third-order valence-electron chi connectivity index (χ3n) is 2.99. The van der Waals surface area contributed by atoms with Gasteiger partial charge in [-0.05, 0) is 18.9 Å². The Morgan fingerprint density at radius 2 is 2.06 bits per heavy atom. The van der Waals surface area contributed by atoms with Gasteiger partial charge < -0.3 is 15.3 Å². The molecule has 0 bridgehead atoms. The van der Waals surface area contributed by atoms with Crippen LogP contribution in [-0.4, -0.2) is 48.1 Å². The van der Waals surface area contributed by atoms with Crippen molar-refractivity contribution in [3.8, 4) is 0 Å². The first kappa shape index (κ1) is 12.7. The maximum atomic E-state index is 12.0. The van der Waals surface area contributed by atoms with Gasteiger partial charge in [-0.2, -0.15) is 0 Å². The number of likely N-dealkylation sites (N-methyl/N-ethyl adjacent to an activating group) is 1. The van der Waals surface area contributed by atoms with E-state index in [9.17, 15) is 9.59 Å². The topological polar surface area (TPSA) is 69.6 Å². The molecule has 1 rings (SSSR count). The molecule has 1 amide bonds. The molecule has 1 aliphatic rings. The van der Waals surface area contributed by atoms with E-state index in [1.54, 1.807) is 20.9 Å². The van der Waals surface area contributed by atoms with Gasteiger partial charge in [-0.1, -0.05) is 6.92 Å². The van der Waals surface area contributed by atoms with Crippen molar-refractivity contribution in [2.75, 3.05) is 20.1 Å². The van der Waals surface area contributed by atoms with E-state index in [1.807, 2.05) is 0 Å². The predicted octanol–water partition coefficient (Wildman–Crippen LogP) is 0.228. The molecule has 1 saturated heterocycles. The number of carbonyl (C=O) groups is 2. The van der Waals surface area contributed by atoms with Crippen LogP contribution in [0.1, 0.15) is 20.3 Å². The van der Waals surface area contributed by atoms with E-state index in [0.717, 1.165) is 18.7 Å². The second kappa shape index (κ2) is 5.12. The molecular weight excluding hydrogens is 208 g/mol. The molecule has 0 aliphatic carbocycles. The SMILES string of the molecule is CCC(C(=O)O)N(C)C(=O)C(C)=C1CNC1. The van der Waals surface area contributed by atoms with Gasteiger partial charge in [0.05, 0.1) is 0 Å². The number of nitrogens with one attached hydrogen (secondary N) is 1. The maximum absolute atomic E-state index is 12.0. The monoisotopic (exact) mass is 226 g/mol. The van der Waals surface area contributed by atoms with E-state index in [1.165, 1.54) is 4.90 Å². The van der Waals surface area contributed by atoms with Crippen LogP contribution in [0.2, 0.25) is 0 Å². The highest BCUT2D eigenvalue weighted by Crippen LogP contribution is 2.13. The highest BCUT2D eigenvalue weighted by Gasteiger charge is 2.27. The summed E-state index contributed by atoms with van der Waals surface area (Å²) in [5, 5.41) is 12.0. The summed E-state index contributed by atoms with van der Waals surface area (Å²) in [5.41, 5.74) is 1.73. The first-order chi connectivity index (χ1) is 7.49. The van der Waals surface area contributed by atoms with Crippen molar-refractivity contribution in [1.82, 2.24) is 10.2 Å². The lowest BCUT2D eigenvalue weighted by Gasteiger charge is -2.27. The molecule has 5 heteroatoms. The third kappa shape index (κ3) is 2.41. The zero-order valence-electron chi connectivity index (χ0n) is 9.91. The van der Waals surface area contributed by atoms with Crippen LogP contribution in [-0.2, 0) is 9.59 Å². The zero-order valence-corrected chi connectivity index (χ0v) is 9.91. The molecule has 0 spiro atoms. The van der Waals surface area contributed by atoms with E-state index < -0.39 is 12.0 Å². The zero-order chi connectivity index (χ0) is 12.3. The molecule has 1 unspecified atom stereocenters. The van der Waals surface area contributed by atoms with Crippen molar-refractivity contribution in [3.63, 3.8) is 0 Å². The Balaban J connectivity index is 2.76. The number of aliphatic carboxylic acids is 1. The summed E-state index contributed by atoms with van der Waals surface area (Å²) in [6, 6.07) is -0.740. The van der Waals surface area contributed by atoms with Crippen LogP contribution in [0.4, 0.5) is 0 Å². The molecule has 90 valence electrons. The minimum atomic E-state index is -0.956. The van der Waals surface area contributed by atoms with E-state index in [2.05, 4.69) is 5.32 Å². The molecule has 0 aromatic rings. The Kier molecular flexibility index (Phi) is 4.06. The normalized spacial score (nSPS) is 16.3. The average Bonchev–Trinajstić information content (AvgIpc) is 2.14. The van der Waals surface area contributed by atoms with Crippen molar-refractivity contribution in [1.29, 1.82) is 0 Å². The van der Waals surface area contributed by atoms with Gasteiger partial charge in [0, 0.05) is 25.7 Å². The molecule has 1 fully saturated rings. The fraction of sp³-hybridized carbons (Fsp3) is 0.636. The van der Waals surface area contributed by atoms with Crippen molar-refractivity contribution >= 4 is 11.9 Å². The summed E-state index contributed by atoms with van der Waals surface area (Å²) in [5.74, 6) is -1.14. The number of rotatable bonds is 4. The Labute approximate surface area is 95.1 Å². The summed E-state index contributed by atoms with van der Waals surface area (Å²) < 4.78 is 0. The predicted molar refractivity (Wildman–Crippen MR) is 60.1 cm³/mol. The Morgan fingerprint density at radius 1 is 1.50 bits per heavy atom. The first-order valence-corrected chi connectivity index (χ1v) is 5.38. The van der Waals surface area contributed by atoms with E-state index in [4.69, 9.17) is 5.11 Å². The van der Waals surface area contributed by atoms with Gasteiger partial charge in [0.25, 0.3) is 0 Å². The van der Waals surface area contributed by atoms with Crippen LogP contribution >= 0.6 is 0 Å². The number of carboxylic acids is 1. The lowest BCUT2D eigenvalue weighted by atomic mass is 10.0. The summed E-state index contributed by atoms with van der Waals surface area (Å²) in [7, 11) is 1.54. The fourth-order valence-corrected chi connectivity index (χ4v) is 1.69. The van der Waals surface area contributed by atoms with Crippen LogP contribution in [0.5, 0.6) is 0 Å². The minimum Gasteiger partial charge on any atom is -0.480 e. The van der Waals surface area contributed by atoms with Gasteiger partial charge in [0.1, 0.15) is 6.04 Å². The maximum Gasteiger partial charge on any atom is 0.326 e. The van der Waals surface area contributed by atoms with Crippen LogP contribution in [0.3, 0.4) is 0 Å². The van der Waals surface area contributed by atoms with Gasteiger partial charge in [-0.25, -0.2) is 4.79 Å². The van der Waals surface area contributed by atoms with Crippen LogP contribution in [0.25, 0.3) is 0 Å². The smallest absolute Gasteiger partial charge is 0.326 e. The molecular formula is C11H18N2O3. The molecule has 0 radical (unpaired) electrons. The number of nitrogens with zero attached hydrogens (tertiary/aromatic N) is 1. The molecule has 0 aromatic carbocycles. The molecule has 1 heterocycles. The van der Waals surface area contributed by atoms with Crippen molar-refractivity contribution < 1.29 is 14.7 Å². The first-order valence-electron chi connectivity index (χ1n) is 5.38. The quantitative estimate of drug-likeness (QED) is 0.673. The summed E-state index contributed by atoms with van der Waals surface area (Å²) in [6.45, 7) is 4.98. The molecule has 2 N–H and O–H groups in total. The second-order valence-electron chi connectivity index (χ2n) is 4.01. The standard InChI is InChI=1S/C11H18N2O3/c1-4-9(11(15)16)13(3)10(14)7(2)8-5-12-6-8/h9,12H,4-6H2,1-3H3,(H,15,16). The van der Waals surface area contributed by atoms with Crippen LogP contribution in [0, 0.1) is 0 Å². The molecule has 0 saturated carbocycles. The van der Waals surface area contributed by atoms with Gasteiger partial charge in [-0.3, -0.25) is 4.79 Å². The Hall–Kier alpha value is -1.36. The number of carboxylic acid groups (broad SMARTS) is 1. The number of amides is 1. The molecule has 1 aliphatic heterocycles. The van der Waals surface area contributed by atoms with Crippen molar-refractivity contribution in [2.24, 2.45) is 0 Å². The van der Waals surface area contributed by atoms with Crippen LogP contribution < -0.4 is 5.32 Å². The summed E-state index contributed by atoms with van der Waals surface area (Å²) in [6.07, 6.45) is 0.415. The lowest BCUT2D eigenvalue weighted by molar-refractivity contribution is -0.147. The second-order valence-corrected chi connectivity index (χ2v) is 4.01. The Morgan fingerprint density at radius 3 is 2.38 bits per heavy atom. The lowest BCUT2D eigenvalue weighted by Crippen LogP contribution is -2.44. The minimum absolute atomic E-state index is 0.189. The molecule has 0 aromatic heterocycles. The molecule has 1 atom stereocenters.